The van der Waals surface area contributed by atoms with E-state index in [9.17, 15) is 18.4 Å². The summed E-state index contributed by atoms with van der Waals surface area (Å²) in [4.78, 5) is 24.5. The molecule has 134 valence electrons. The van der Waals surface area contributed by atoms with E-state index in [0.717, 1.165) is 22.8 Å². The van der Waals surface area contributed by atoms with Gasteiger partial charge in [0.25, 0.3) is 5.91 Å². The van der Waals surface area contributed by atoms with Gasteiger partial charge < -0.3 is 5.32 Å². The van der Waals surface area contributed by atoms with Crippen LogP contribution in [0.4, 0.5) is 13.6 Å². The van der Waals surface area contributed by atoms with Gasteiger partial charge in [0.05, 0.1) is 11.6 Å². The van der Waals surface area contributed by atoms with E-state index in [1.807, 2.05) is 24.3 Å². The topological polar surface area (TPSA) is 58.2 Å². The van der Waals surface area contributed by atoms with Crippen molar-refractivity contribution >= 4 is 11.9 Å². The Morgan fingerprint density at radius 3 is 2.33 bits per heavy atom. The fraction of sp³-hybridized carbons (Fsp3) is 0.0476. The average molecular weight is 364 g/mol. The molecular formula is C21H14F2N2O2. The number of halogens is 2. The molecular weight excluding hydrogens is 350 g/mol. The maximum Gasteiger partial charge on any atom is 0.322 e. The molecule has 0 bridgehead atoms. The number of carbonyl (C=O) groups is 2. The summed E-state index contributed by atoms with van der Waals surface area (Å²) in [5.74, 6) is -1.92. The number of fused-ring (bicyclic) bond motifs is 3. The Balaban J connectivity index is 1.59. The number of hydrogen-bond donors (Lipinski definition) is 2. The third-order valence-corrected chi connectivity index (χ3v) is 4.51. The predicted octanol–water partition coefficient (Wildman–Crippen LogP) is 4.17. The molecule has 3 amide bonds. The Hall–Kier alpha value is -3.54. The van der Waals surface area contributed by atoms with Crippen LogP contribution in [0.2, 0.25) is 0 Å². The molecule has 3 aromatic carbocycles. The molecule has 0 saturated heterocycles. The zero-order valence-electron chi connectivity index (χ0n) is 14.0. The molecule has 1 aliphatic rings. The second-order valence-electron chi connectivity index (χ2n) is 6.16. The maximum absolute atomic E-state index is 13.7. The highest BCUT2D eigenvalue weighted by Crippen LogP contribution is 2.43. The van der Waals surface area contributed by atoms with E-state index < -0.39 is 23.8 Å². The molecule has 0 saturated carbocycles. The van der Waals surface area contributed by atoms with E-state index in [-0.39, 0.29) is 11.4 Å². The first kappa shape index (κ1) is 16.9. The van der Waals surface area contributed by atoms with E-state index in [1.165, 1.54) is 30.3 Å². The number of benzene rings is 3. The van der Waals surface area contributed by atoms with Crippen molar-refractivity contribution in [3.63, 3.8) is 0 Å². The minimum absolute atomic E-state index is 0.220. The van der Waals surface area contributed by atoms with Crippen LogP contribution in [0.1, 0.15) is 27.5 Å². The molecule has 0 heterocycles. The lowest BCUT2D eigenvalue weighted by atomic mass is 10.1. The van der Waals surface area contributed by atoms with Gasteiger partial charge in [-0.2, -0.15) is 0 Å². The highest BCUT2D eigenvalue weighted by molar-refractivity contribution is 6.04. The number of urea groups is 1. The number of rotatable bonds is 2. The van der Waals surface area contributed by atoms with Gasteiger partial charge in [-0.25, -0.2) is 13.6 Å². The predicted molar refractivity (Wildman–Crippen MR) is 96.1 cm³/mol. The summed E-state index contributed by atoms with van der Waals surface area (Å²) in [6.45, 7) is 0. The minimum atomic E-state index is -0.837. The summed E-state index contributed by atoms with van der Waals surface area (Å²) in [6, 6.07) is 15.8. The highest BCUT2D eigenvalue weighted by Gasteiger charge is 2.30. The van der Waals surface area contributed by atoms with E-state index in [2.05, 4.69) is 10.6 Å². The van der Waals surface area contributed by atoms with E-state index in [4.69, 9.17) is 0 Å². The molecule has 0 spiro atoms. The fourth-order valence-corrected chi connectivity index (χ4v) is 3.31. The molecule has 0 fully saturated rings. The zero-order valence-corrected chi connectivity index (χ0v) is 14.0. The summed E-state index contributed by atoms with van der Waals surface area (Å²) in [5, 5.41) is 4.85. The minimum Gasteiger partial charge on any atom is -0.327 e. The molecule has 0 aliphatic heterocycles. The lowest BCUT2D eigenvalue weighted by Gasteiger charge is -2.16. The highest BCUT2D eigenvalue weighted by atomic mass is 19.1. The van der Waals surface area contributed by atoms with Gasteiger partial charge in [-0.1, -0.05) is 42.5 Å². The van der Waals surface area contributed by atoms with Gasteiger partial charge in [0, 0.05) is 0 Å². The van der Waals surface area contributed by atoms with E-state index >= 15 is 0 Å². The molecule has 3 aromatic rings. The van der Waals surface area contributed by atoms with Gasteiger partial charge in [-0.15, -0.1) is 0 Å². The second kappa shape index (κ2) is 6.64. The Morgan fingerprint density at radius 2 is 1.52 bits per heavy atom. The molecule has 4 nitrogen and oxygen atoms in total. The van der Waals surface area contributed by atoms with Gasteiger partial charge in [-0.05, 0) is 46.5 Å². The fourth-order valence-electron chi connectivity index (χ4n) is 3.31. The molecule has 1 unspecified atom stereocenters. The summed E-state index contributed by atoms with van der Waals surface area (Å²) < 4.78 is 27.4. The Bertz CT molecular complexity index is 1070. The van der Waals surface area contributed by atoms with Crippen LogP contribution in [0.25, 0.3) is 11.1 Å². The summed E-state index contributed by atoms with van der Waals surface area (Å²) >= 11 is 0. The number of nitrogens with one attached hydrogen (secondary N) is 2. The van der Waals surface area contributed by atoms with Crippen LogP contribution in [0, 0.1) is 11.6 Å². The molecule has 1 aliphatic carbocycles. The van der Waals surface area contributed by atoms with Crippen LogP contribution < -0.4 is 10.6 Å². The third-order valence-electron chi connectivity index (χ3n) is 4.51. The quantitative estimate of drug-likeness (QED) is 0.717. The second-order valence-corrected chi connectivity index (χ2v) is 6.16. The lowest BCUT2D eigenvalue weighted by molar-refractivity contribution is 0.0959. The lowest BCUT2D eigenvalue weighted by Crippen LogP contribution is -2.41. The average Bonchev–Trinajstić information content (AvgIpc) is 2.95. The Morgan fingerprint density at radius 1 is 0.815 bits per heavy atom. The van der Waals surface area contributed by atoms with Gasteiger partial charge in [-0.3, -0.25) is 10.1 Å². The molecule has 0 aromatic heterocycles. The molecule has 0 radical (unpaired) electrons. The monoisotopic (exact) mass is 364 g/mol. The van der Waals surface area contributed by atoms with Gasteiger partial charge in [0.2, 0.25) is 0 Å². The number of amides is 3. The van der Waals surface area contributed by atoms with Crippen LogP contribution in [0.3, 0.4) is 0 Å². The van der Waals surface area contributed by atoms with Crippen molar-refractivity contribution < 1.29 is 18.4 Å². The van der Waals surface area contributed by atoms with Gasteiger partial charge >= 0.3 is 6.03 Å². The van der Waals surface area contributed by atoms with Crippen molar-refractivity contribution in [2.45, 2.75) is 6.04 Å². The summed E-state index contributed by atoms with van der Waals surface area (Å²) in [7, 11) is 0. The third kappa shape index (κ3) is 3.06. The molecule has 1 atom stereocenters. The first-order valence-corrected chi connectivity index (χ1v) is 8.29. The van der Waals surface area contributed by atoms with Crippen LogP contribution in [0.5, 0.6) is 0 Å². The van der Waals surface area contributed by atoms with E-state index in [1.54, 1.807) is 6.07 Å². The van der Waals surface area contributed by atoms with E-state index in [0.29, 0.717) is 5.56 Å². The first-order valence-electron chi connectivity index (χ1n) is 8.29. The molecule has 4 rings (SSSR count). The SMILES string of the molecule is O=C(NC(=O)c1ccccc1F)NC1c2ccccc2-c2cc(F)ccc21. The van der Waals surface area contributed by atoms with Crippen molar-refractivity contribution in [2.24, 2.45) is 0 Å². The number of hydrogen-bond acceptors (Lipinski definition) is 2. The summed E-state index contributed by atoms with van der Waals surface area (Å²) in [6.07, 6.45) is 0. The van der Waals surface area contributed by atoms with Crippen LogP contribution in [-0.4, -0.2) is 11.9 Å². The largest absolute Gasteiger partial charge is 0.327 e. The molecule has 6 heteroatoms. The zero-order chi connectivity index (χ0) is 19.0. The number of carbonyl (C=O) groups excluding carboxylic acids is 2. The standard InChI is InChI=1S/C21H14F2N2O2/c22-12-9-10-15-17(11-12)13-5-1-2-6-14(13)19(15)24-21(27)25-20(26)16-7-3-4-8-18(16)23/h1-11,19H,(H2,24,25,26,27). The van der Waals surface area contributed by atoms with Crippen molar-refractivity contribution in [3.05, 3.63) is 95.1 Å². The number of imide groups is 1. The summed E-state index contributed by atoms with van der Waals surface area (Å²) in [5.41, 5.74) is 2.81. The van der Waals surface area contributed by atoms with Crippen LogP contribution in [0.15, 0.2) is 66.7 Å². The normalized spacial score (nSPS) is 14.2. The van der Waals surface area contributed by atoms with Crippen molar-refractivity contribution in [1.82, 2.24) is 10.6 Å². The van der Waals surface area contributed by atoms with Crippen molar-refractivity contribution in [2.75, 3.05) is 0 Å². The maximum atomic E-state index is 13.7. The van der Waals surface area contributed by atoms with Crippen LogP contribution >= 0.6 is 0 Å². The van der Waals surface area contributed by atoms with Gasteiger partial charge in [0.15, 0.2) is 0 Å². The first-order chi connectivity index (χ1) is 13.0. The van der Waals surface area contributed by atoms with Crippen LogP contribution in [-0.2, 0) is 0 Å². The van der Waals surface area contributed by atoms with Gasteiger partial charge in [0.1, 0.15) is 11.6 Å². The molecule has 2 N–H and O–H groups in total. The smallest absolute Gasteiger partial charge is 0.322 e. The Labute approximate surface area is 153 Å². The molecule has 27 heavy (non-hydrogen) atoms. The Kier molecular flexibility index (Phi) is 4.16. The van der Waals surface area contributed by atoms with Crippen molar-refractivity contribution in [3.8, 4) is 11.1 Å². The van der Waals surface area contributed by atoms with Crippen molar-refractivity contribution in [1.29, 1.82) is 0 Å².